The molecular formula is C14H11N3O6S. The summed E-state index contributed by atoms with van der Waals surface area (Å²) in [5, 5.41) is 22.4. The van der Waals surface area contributed by atoms with Gasteiger partial charge in [-0.3, -0.25) is 14.9 Å². The highest BCUT2D eigenvalue weighted by atomic mass is 32.1. The Morgan fingerprint density at radius 2 is 2.21 bits per heavy atom. The van der Waals surface area contributed by atoms with Crippen LogP contribution in [-0.2, 0) is 4.74 Å². The zero-order valence-corrected chi connectivity index (χ0v) is 13.4. The van der Waals surface area contributed by atoms with Gasteiger partial charge in [-0.05, 0) is 25.5 Å². The van der Waals surface area contributed by atoms with Crippen LogP contribution in [0, 0.1) is 28.4 Å². The SMILES string of the molecule is CCOC(=O)c1sc(NC(=O)c2ccc([N+](=O)[O-])o2)c(C#N)c1C. The lowest BCUT2D eigenvalue weighted by atomic mass is 10.2. The van der Waals surface area contributed by atoms with E-state index >= 15 is 0 Å². The Labute approximate surface area is 139 Å². The fraction of sp³-hybridized carbons (Fsp3) is 0.214. The van der Waals surface area contributed by atoms with Crippen molar-refractivity contribution in [3.05, 3.63) is 44.0 Å². The maximum Gasteiger partial charge on any atom is 0.433 e. The van der Waals surface area contributed by atoms with E-state index < -0.39 is 22.7 Å². The van der Waals surface area contributed by atoms with Gasteiger partial charge < -0.3 is 14.5 Å². The average molecular weight is 349 g/mol. The molecule has 0 aliphatic rings. The molecular weight excluding hydrogens is 338 g/mol. The summed E-state index contributed by atoms with van der Waals surface area (Å²) in [5.41, 5.74) is 0.513. The van der Waals surface area contributed by atoms with Crippen molar-refractivity contribution in [1.29, 1.82) is 5.26 Å². The highest BCUT2D eigenvalue weighted by Crippen LogP contribution is 2.33. The number of nitrogens with one attached hydrogen (secondary N) is 1. The predicted octanol–water partition coefficient (Wildman–Crippen LogP) is 2.86. The Hall–Kier alpha value is -3.19. The van der Waals surface area contributed by atoms with Gasteiger partial charge in [0.1, 0.15) is 20.9 Å². The van der Waals surface area contributed by atoms with Crippen LogP contribution in [0.5, 0.6) is 0 Å². The fourth-order valence-corrected chi connectivity index (χ4v) is 2.89. The first-order chi connectivity index (χ1) is 11.4. The van der Waals surface area contributed by atoms with E-state index in [0.717, 1.165) is 23.5 Å². The molecule has 0 bridgehead atoms. The van der Waals surface area contributed by atoms with Crippen LogP contribution in [0.2, 0.25) is 0 Å². The molecule has 2 heterocycles. The molecule has 2 aromatic heterocycles. The number of thiophene rings is 1. The number of nitriles is 1. The molecule has 2 aromatic rings. The van der Waals surface area contributed by atoms with Gasteiger partial charge in [-0.1, -0.05) is 0 Å². The van der Waals surface area contributed by atoms with Crippen molar-refractivity contribution in [3.8, 4) is 6.07 Å². The van der Waals surface area contributed by atoms with Gasteiger partial charge in [0.15, 0.2) is 5.76 Å². The smallest absolute Gasteiger partial charge is 0.433 e. The Balaban J connectivity index is 2.30. The number of nitrogens with zero attached hydrogens (tertiary/aromatic N) is 2. The highest BCUT2D eigenvalue weighted by Gasteiger charge is 2.24. The second kappa shape index (κ2) is 6.93. The lowest BCUT2D eigenvalue weighted by Crippen LogP contribution is -2.10. The summed E-state index contributed by atoms with van der Waals surface area (Å²) in [4.78, 5) is 33.9. The molecule has 0 fully saturated rings. The molecule has 1 amide bonds. The van der Waals surface area contributed by atoms with E-state index in [1.807, 2.05) is 6.07 Å². The van der Waals surface area contributed by atoms with Gasteiger partial charge in [0.05, 0.1) is 18.2 Å². The second-order valence-electron chi connectivity index (χ2n) is 4.44. The molecule has 124 valence electrons. The minimum absolute atomic E-state index is 0.123. The Morgan fingerprint density at radius 3 is 2.75 bits per heavy atom. The Morgan fingerprint density at radius 1 is 1.50 bits per heavy atom. The van der Waals surface area contributed by atoms with Gasteiger partial charge in [-0.15, -0.1) is 11.3 Å². The van der Waals surface area contributed by atoms with Crippen LogP contribution in [-0.4, -0.2) is 23.4 Å². The van der Waals surface area contributed by atoms with Crippen molar-refractivity contribution in [1.82, 2.24) is 0 Å². The van der Waals surface area contributed by atoms with Crippen LogP contribution in [0.1, 0.15) is 38.3 Å². The zero-order valence-electron chi connectivity index (χ0n) is 12.6. The zero-order chi connectivity index (χ0) is 17.9. The van der Waals surface area contributed by atoms with E-state index in [1.54, 1.807) is 13.8 Å². The number of anilines is 1. The molecule has 10 heteroatoms. The maximum atomic E-state index is 12.1. The average Bonchev–Trinajstić information content (AvgIpc) is 3.13. The number of hydrogen-bond donors (Lipinski definition) is 1. The van der Waals surface area contributed by atoms with Gasteiger partial charge in [0.25, 0.3) is 5.91 Å². The van der Waals surface area contributed by atoms with Crippen LogP contribution in [0.25, 0.3) is 0 Å². The number of amides is 1. The molecule has 0 aromatic carbocycles. The molecule has 1 N–H and O–H groups in total. The monoisotopic (exact) mass is 349 g/mol. The van der Waals surface area contributed by atoms with Gasteiger partial charge in [0.2, 0.25) is 0 Å². The summed E-state index contributed by atoms with van der Waals surface area (Å²) >= 11 is 0.890. The quantitative estimate of drug-likeness (QED) is 0.498. The summed E-state index contributed by atoms with van der Waals surface area (Å²) in [7, 11) is 0. The first-order valence-electron chi connectivity index (χ1n) is 6.65. The molecule has 0 radical (unpaired) electrons. The van der Waals surface area contributed by atoms with Crippen molar-refractivity contribution in [2.75, 3.05) is 11.9 Å². The van der Waals surface area contributed by atoms with Crippen molar-refractivity contribution in [2.24, 2.45) is 0 Å². The number of hydrogen-bond acceptors (Lipinski definition) is 8. The van der Waals surface area contributed by atoms with E-state index in [4.69, 9.17) is 9.15 Å². The predicted molar refractivity (Wildman–Crippen MR) is 83.0 cm³/mol. The molecule has 9 nitrogen and oxygen atoms in total. The molecule has 0 atom stereocenters. The number of furan rings is 1. The maximum absolute atomic E-state index is 12.1. The third kappa shape index (κ3) is 3.26. The molecule has 2 rings (SSSR count). The standard InChI is InChI=1S/C14H11N3O6S/c1-3-22-14(19)11-7(2)8(6-15)13(24-11)16-12(18)9-4-5-10(23-9)17(20)21/h4-5H,3H2,1-2H3,(H,16,18). The van der Waals surface area contributed by atoms with E-state index in [0.29, 0.717) is 5.56 Å². The fourth-order valence-electron chi connectivity index (χ4n) is 1.84. The highest BCUT2D eigenvalue weighted by molar-refractivity contribution is 7.18. The van der Waals surface area contributed by atoms with E-state index in [2.05, 4.69) is 5.32 Å². The summed E-state index contributed by atoms with van der Waals surface area (Å²) < 4.78 is 9.69. The first kappa shape index (κ1) is 17.2. The van der Waals surface area contributed by atoms with Crippen LogP contribution < -0.4 is 5.32 Å². The molecule has 0 saturated heterocycles. The minimum Gasteiger partial charge on any atom is -0.462 e. The Kier molecular flexibility index (Phi) is 4.96. The number of nitro groups is 1. The van der Waals surface area contributed by atoms with E-state index in [-0.39, 0.29) is 27.8 Å². The van der Waals surface area contributed by atoms with Crippen molar-refractivity contribution in [3.63, 3.8) is 0 Å². The van der Waals surface area contributed by atoms with Crippen LogP contribution >= 0.6 is 11.3 Å². The van der Waals surface area contributed by atoms with E-state index in [9.17, 15) is 25.0 Å². The molecule has 0 unspecified atom stereocenters. The first-order valence-corrected chi connectivity index (χ1v) is 7.46. The molecule has 0 aliphatic heterocycles. The summed E-state index contributed by atoms with van der Waals surface area (Å²) in [6.45, 7) is 3.39. The van der Waals surface area contributed by atoms with Crippen molar-refractivity contribution < 1.29 is 23.7 Å². The summed E-state index contributed by atoms with van der Waals surface area (Å²) in [6, 6.07) is 4.10. The number of rotatable bonds is 5. The topological polar surface area (TPSA) is 135 Å². The third-order valence-electron chi connectivity index (χ3n) is 2.94. The number of carbonyl (C=O) groups excluding carboxylic acids is 2. The van der Waals surface area contributed by atoms with Gasteiger partial charge >= 0.3 is 11.9 Å². The lowest BCUT2D eigenvalue weighted by molar-refractivity contribution is -0.402. The third-order valence-corrected chi connectivity index (χ3v) is 4.13. The van der Waals surface area contributed by atoms with Gasteiger partial charge in [0, 0.05) is 0 Å². The summed E-state index contributed by atoms with van der Waals surface area (Å²) in [6.07, 6.45) is 0. The minimum atomic E-state index is -0.772. The molecule has 24 heavy (non-hydrogen) atoms. The number of ether oxygens (including phenoxy) is 1. The van der Waals surface area contributed by atoms with Crippen molar-refractivity contribution in [2.45, 2.75) is 13.8 Å². The lowest BCUT2D eigenvalue weighted by Gasteiger charge is -1.99. The summed E-state index contributed by atoms with van der Waals surface area (Å²) in [5.74, 6) is -2.22. The molecule has 0 aliphatic carbocycles. The van der Waals surface area contributed by atoms with Crippen molar-refractivity contribution >= 4 is 34.1 Å². The van der Waals surface area contributed by atoms with Crippen LogP contribution in [0.4, 0.5) is 10.9 Å². The van der Waals surface area contributed by atoms with E-state index in [1.165, 1.54) is 0 Å². The van der Waals surface area contributed by atoms with Crippen LogP contribution in [0.15, 0.2) is 16.5 Å². The Bertz CT molecular complexity index is 860. The number of carbonyl (C=O) groups is 2. The second-order valence-corrected chi connectivity index (χ2v) is 5.46. The van der Waals surface area contributed by atoms with Gasteiger partial charge in [-0.25, -0.2) is 4.79 Å². The normalized spacial score (nSPS) is 10.0. The molecule has 0 spiro atoms. The van der Waals surface area contributed by atoms with Gasteiger partial charge in [-0.2, -0.15) is 5.26 Å². The number of esters is 1. The van der Waals surface area contributed by atoms with Crippen LogP contribution in [0.3, 0.4) is 0 Å². The molecule has 0 saturated carbocycles. The largest absolute Gasteiger partial charge is 0.462 e.